The number of amides is 4. The summed E-state index contributed by atoms with van der Waals surface area (Å²) in [5, 5.41) is 18.3. The van der Waals surface area contributed by atoms with Crippen LogP contribution in [0.1, 0.15) is 233 Å². The second-order valence-corrected chi connectivity index (χ2v) is 28.5. The molecule has 4 amide bonds. The van der Waals surface area contributed by atoms with E-state index < -0.39 is 35.7 Å². The Hall–Kier alpha value is -6.41. The van der Waals surface area contributed by atoms with Gasteiger partial charge >= 0.3 is 11.9 Å². The number of hydrogen-bond donors (Lipinski definition) is 4. The molecule has 1 saturated carbocycles. The number of carbonyl (C=O) groups excluding carboxylic acids is 6. The van der Waals surface area contributed by atoms with Gasteiger partial charge in [0.25, 0.3) is 0 Å². The number of ketones is 1. The molecule has 3 aromatic carbocycles. The van der Waals surface area contributed by atoms with Crippen molar-refractivity contribution < 1.29 is 71.8 Å². The Kier molecular flexibility index (Phi) is 35.8. The van der Waals surface area contributed by atoms with Gasteiger partial charge in [0, 0.05) is 70.7 Å². The Morgan fingerprint density at radius 2 is 1.13 bits per heavy atom. The summed E-state index contributed by atoms with van der Waals surface area (Å²) < 4.78 is 42.9. The van der Waals surface area contributed by atoms with Crippen molar-refractivity contribution in [2.24, 2.45) is 41.4 Å². The van der Waals surface area contributed by atoms with E-state index in [4.69, 9.17) is 33.2 Å². The third kappa shape index (κ3) is 25.9. The van der Waals surface area contributed by atoms with Crippen LogP contribution in [0, 0.1) is 41.4 Å². The van der Waals surface area contributed by atoms with Gasteiger partial charge < -0.3 is 59.1 Å². The van der Waals surface area contributed by atoms with Crippen molar-refractivity contribution in [3.8, 4) is 11.5 Å². The third-order valence-corrected chi connectivity index (χ3v) is 21.8. The molecule has 552 valence electrons. The summed E-state index contributed by atoms with van der Waals surface area (Å²) in [6.07, 6.45) is 13.8. The number of Topliss-reactive ketones (excluding diaryl/α,β-unsaturated/α-hetero) is 1. The smallest absolute Gasteiger partial charge is 0.306 e. The Balaban J connectivity index is 0.920. The summed E-state index contributed by atoms with van der Waals surface area (Å²) in [5.41, 5.74) is 1.34. The average Bonchev–Trinajstić information content (AvgIpc) is 1.29. The summed E-state index contributed by atoms with van der Waals surface area (Å²) in [6, 6.07) is 24.0. The van der Waals surface area contributed by atoms with Gasteiger partial charge in [-0.25, -0.2) is 0 Å². The van der Waals surface area contributed by atoms with Crippen molar-refractivity contribution in [2.45, 2.75) is 258 Å². The summed E-state index contributed by atoms with van der Waals surface area (Å²) in [6.45, 7) is 20.4. The number of benzene rings is 3. The molecule has 0 bridgehead atoms. The number of nitrogens with one attached hydrogen (secondary N) is 3. The third-order valence-electron chi connectivity index (χ3n) is 21.8. The largest absolute Gasteiger partial charge is 0.497 e. The highest BCUT2D eigenvalue weighted by Crippen LogP contribution is 2.44. The van der Waals surface area contributed by atoms with Crippen LogP contribution in [0.4, 0.5) is 0 Å². The lowest BCUT2D eigenvalue weighted by molar-refractivity contribution is -0.248. The van der Waals surface area contributed by atoms with Crippen molar-refractivity contribution in [2.75, 3.05) is 53.7 Å². The Bertz CT molecular complexity index is 2840. The van der Waals surface area contributed by atoms with E-state index in [0.29, 0.717) is 169 Å². The van der Waals surface area contributed by atoms with E-state index in [2.05, 4.69) is 71.3 Å². The van der Waals surface area contributed by atoms with E-state index in [1.54, 1.807) is 19.1 Å². The lowest BCUT2D eigenvalue weighted by atomic mass is 9.66. The van der Waals surface area contributed by atoms with Crippen LogP contribution in [0.15, 0.2) is 78.9 Å². The van der Waals surface area contributed by atoms with Gasteiger partial charge in [-0.3, -0.25) is 33.6 Å². The molecule has 3 aliphatic rings. The Morgan fingerprint density at radius 1 is 0.566 bits per heavy atom. The molecule has 6 rings (SSSR count). The number of ether oxygens (including phenoxy) is 7. The second-order valence-electron chi connectivity index (χ2n) is 28.5. The van der Waals surface area contributed by atoms with Crippen molar-refractivity contribution in [3.63, 3.8) is 0 Å². The van der Waals surface area contributed by atoms with Gasteiger partial charge in [0.05, 0.1) is 58.5 Å². The summed E-state index contributed by atoms with van der Waals surface area (Å²) >= 11 is 0. The maximum absolute atomic E-state index is 14.2. The van der Waals surface area contributed by atoms with Crippen LogP contribution in [0.5, 0.6) is 11.5 Å². The number of carboxylic acids is 1. The first kappa shape index (κ1) is 81.6. The standard InChI is InChI=1S/C80H122N4O15/c1-11-61-51-72(59(7)55(3)57(61)5)95-49-27-24-35-74(87)83-70(33-22-26-47-81-73(86)34-23-28-50-96-79-60(8)56(4)58(6)71(12-2)99-79)78(92)82-48-25-16-20-32-66(85)31-19-13-14-21-36-75(88)84-53-69(98-77(91)46-45-76(89)90)52-65(84)54-97-80(62-29-17-15-18-30-62,63-37-41-67(93-9)42-38-63)64-39-43-68(94-10)44-40-64/h15,17-18,29-30,37-44,55-61,65,69-72,79H,11-14,16,19-28,31-36,45-54H2,1-10H3,(H,81,86)(H,82,92)(H,83,87)(H,89,90)/t55?,56?,57?,58?,59?,60?,61?,65-,69+,70-,71?,72?,79?/m0/s1. The predicted octanol–water partition coefficient (Wildman–Crippen LogP) is 13.9. The number of methoxy groups -OCH3 is 2. The number of rotatable bonds is 46. The highest BCUT2D eigenvalue weighted by atomic mass is 16.7. The van der Waals surface area contributed by atoms with Gasteiger partial charge in [0.1, 0.15) is 35.0 Å². The van der Waals surface area contributed by atoms with E-state index >= 15 is 0 Å². The van der Waals surface area contributed by atoms with Crippen molar-refractivity contribution in [3.05, 3.63) is 95.6 Å². The monoisotopic (exact) mass is 1380 g/mol. The molecule has 2 aliphatic heterocycles. The van der Waals surface area contributed by atoms with Gasteiger partial charge in [-0.1, -0.05) is 136 Å². The number of aliphatic carboxylic acids is 1. The van der Waals surface area contributed by atoms with Gasteiger partial charge in [-0.15, -0.1) is 0 Å². The second kappa shape index (κ2) is 43.4. The summed E-state index contributed by atoms with van der Waals surface area (Å²) in [7, 11) is 3.22. The van der Waals surface area contributed by atoms with E-state index in [0.717, 1.165) is 68.1 Å². The molecule has 3 fully saturated rings. The number of carboxylic acid groups (broad SMARTS) is 1. The molecular formula is C80H122N4O15. The fourth-order valence-corrected chi connectivity index (χ4v) is 14.8. The quantitative estimate of drug-likeness (QED) is 0.0233. The summed E-state index contributed by atoms with van der Waals surface area (Å²) in [5.74, 6) is 3.00. The normalized spacial score (nSPS) is 23.4. The maximum atomic E-state index is 14.2. The molecule has 99 heavy (non-hydrogen) atoms. The molecule has 13 atom stereocenters. The SMILES string of the molecule is CCC1CC(OCCCCC(=O)N[C@@H](CCCCNC(=O)CCCCOC2OC(CC)C(C)C(C)C2C)C(=O)NCCCCCC(=O)CCCCCCC(=O)N2C[C@H](OC(=O)CCC(=O)O)C[C@H]2COC(c2ccccc2)(c2ccc(OC)cc2)c2ccc(OC)cc2)C(C)C(C)C1C. The fourth-order valence-electron chi connectivity index (χ4n) is 14.8. The van der Waals surface area contributed by atoms with Gasteiger partial charge in [-0.2, -0.15) is 0 Å². The van der Waals surface area contributed by atoms with Gasteiger partial charge in [0.2, 0.25) is 23.6 Å². The van der Waals surface area contributed by atoms with Crippen LogP contribution in [-0.2, 0) is 62.8 Å². The molecule has 19 nitrogen and oxygen atoms in total. The predicted molar refractivity (Wildman–Crippen MR) is 384 cm³/mol. The fraction of sp³-hybridized carbons (Fsp3) is 0.688. The molecule has 0 radical (unpaired) electrons. The minimum absolute atomic E-state index is 0.0124. The molecule has 2 saturated heterocycles. The van der Waals surface area contributed by atoms with E-state index in [9.17, 15) is 38.7 Å². The minimum Gasteiger partial charge on any atom is -0.497 e. The molecule has 0 spiro atoms. The Labute approximate surface area is 591 Å². The zero-order valence-electron chi connectivity index (χ0n) is 61.5. The average molecular weight is 1380 g/mol. The molecule has 4 N–H and O–H groups in total. The van der Waals surface area contributed by atoms with Crippen molar-refractivity contribution >= 4 is 41.4 Å². The lowest BCUT2D eigenvalue weighted by Gasteiger charge is -2.43. The molecule has 3 aromatic rings. The van der Waals surface area contributed by atoms with E-state index in [1.807, 2.05) is 78.9 Å². The number of likely N-dealkylation sites (tertiary alicyclic amines) is 1. The molecular weight excluding hydrogens is 1260 g/mol. The topological polar surface area (TPSA) is 244 Å². The molecule has 0 aromatic heterocycles. The van der Waals surface area contributed by atoms with Crippen LogP contribution in [0.3, 0.4) is 0 Å². The number of unbranched alkanes of at least 4 members (excludes halogenated alkanes) is 8. The van der Waals surface area contributed by atoms with Crippen molar-refractivity contribution in [1.29, 1.82) is 0 Å². The number of hydrogen-bond acceptors (Lipinski definition) is 14. The van der Waals surface area contributed by atoms with Crippen LogP contribution in [0.25, 0.3) is 0 Å². The molecule has 19 heteroatoms. The highest BCUT2D eigenvalue weighted by Gasteiger charge is 2.44. The first-order valence-electron chi connectivity index (χ1n) is 37.7. The van der Waals surface area contributed by atoms with Crippen LogP contribution in [0.2, 0.25) is 0 Å². The first-order chi connectivity index (χ1) is 47.7. The number of esters is 1. The first-order valence-corrected chi connectivity index (χ1v) is 37.7. The Morgan fingerprint density at radius 3 is 1.75 bits per heavy atom. The van der Waals surface area contributed by atoms with E-state index in [-0.39, 0.29) is 80.3 Å². The minimum atomic E-state index is -1.16. The zero-order chi connectivity index (χ0) is 71.7. The van der Waals surface area contributed by atoms with Crippen molar-refractivity contribution in [1.82, 2.24) is 20.9 Å². The number of carbonyl (C=O) groups is 7. The highest BCUT2D eigenvalue weighted by molar-refractivity contribution is 5.87. The lowest BCUT2D eigenvalue weighted by Crippen LogP contribution is -2.47. The molecule has 2 heterocycles. The zero-order valence-corrected chi connectivity index (χ0v) is 61.5. The van der Waals surface area contributed by atoms with Crippen LogP contribution < -0.4 is 25.4 Å². The van der Waals surface area contributed by atoms with Gasteiger partial charge in [0.15, 0.2) is 6.29 Å². The van der Waals surface area contributed by atoms with E-state index in [1.165, 1.54) is 0 Å². The van der Waals surface area contributed by atoms with Crippen LogP contribution in [-0.4, -0.2) is 142 Å². The maximum Gasteiger partial charge on any atom is 0.306 e. The number of nitrogens with zero attached hydrogens (tertiary/aromatic N) is 1. The van der Waals surface area contributed by atoms with Crippen LogP contribution >= 0.6 is 0 Å². The van der Waals surface area contributed by atoms with Gasteiger partial charge in [-0.05, 0) is 160 Å². The molecule has 1 aliphatic carbocycles. The summed E-state index contributed by atoms with van der Waals surface area (Å²) in [4.78, 5) is 93.0. The molecule has 10 unspecified atom stereocenters.